The van der Waals surface area contributed by atoms with Gasteiger partial charge in [-0.2, -0.15) is 0 Å². The molecule has 2 amide bonds. The van der Waals surface area contributed by atoms with Crippen molar-refractivity contribution >= 4 is 28.9 Å². The minimum atomic E-state index is -0.159. The van der Waals surface area contributed by atoms with Gasteiger partial charge in [-0.25, -0.2) is 0 Å². The molecule has 26 heavy (non-hydrogen) atoms. The molecule has 0 aliphatic carbocycles. The van der Waals surface area contributed by atoms with E-state index in [0.29, 0.717) is 16.9 Å². The molecule has 0 unspecified atom stereocenters. The van der Waals surface area contributed by atoms with Gasteiger partial charge in [0.05, 0.1) is 0 Å². The Hall–Kier alpha value is -2.82. The van der Waals surface area contributed by atoms with E-state index in [1.807, 2.05) is 45.2 Å². The quantitative estimate of drug-likeness (QED) is 0.776. The number of amides is 2. The Kier molecular flexibility index (Phi) is 6.78. The Morgan fingerprint density at radius 2 is 1.46 bits per heavy atom. The first-order chi connectivity index (χ1) is 12.4. The van der Waals surface area contributed by atoms with Gasteiger partial charge < -0.3 is 15.5 Å². The molecule has 0 bridgehead atoms. The van der Waals surface area contributed by atoms with E-state index in [0.717, 1.165) is 18.7 Å². The van der Waals surface area contributed by atoms with Crippen LogP contribution in [-0.4, -0.2) is 25.4 Å². The molecule has 0 fully saturated rings. The summed E-state index contributed by atoms with van der Waals surface area (Å²) in [5.41, 5.74) is 3.10. The molecule has 0 atom stereocenters. The molecular weight excluding hydrogens is 326 g/mol. The largest absolute Gasteiger partial charge is 0.375 e. The van der Waals surface area contributed by atoms with Gasteiger partial charge in [-0.05, 0) is 55.0 Å². The Bertz CT molecular complexity index is 737. The maximum atomic E-state index is 12.4. The van der Waals surface area contributed by atoms with Crippen molar-refractivity contribution < 1.29 is 9.59 Å². The van der Waals surface area contributed by atoms with Gasteiger partial charge in [0, 0.05) is 42.1 Å². The minimum absolute atomic E-state index is 0.0325. The van der Waals surface area contributed by atoms with Crippen molar-refractivity contribution in [3.63, 3.8) is 0 Å². The summed E-state index contributed by atoms with van der Waals surface area (Å²) in [7, 11) is 2.04. The van der Waals surface area contributed by atoms with Crippen LogP contribution in [0.15, 0.2) is 48.5 Å². The first kappa shape index (κ1) is 19.5. The molecule has 5 heteroatoms. The Labute approximate surface area is 155 Å². The van der Waals surface area contributed by atoms with Crippen molar-refractivity contribution in [2.45, 2.75) is 27.2 Å². The van der Waals surface area contributed by atoms with Gasteiger partial charge in [-0.1, -0.05) is 20.8 Å². The summed E-state index contributed by atoms with van der Waals surface area (Å²) in [5.74, 6) is -0.266. The monoisotopic (exact) mass is 353 g/mol. The maximum absolute atomic E-state index is 12.4. The molecule has 0 aliphatic heterocycles. The highest BCUT2D eigenvalue weighted by molar-refractivity contribution is 6.04. The SMILES string of the molecule is CCCN(C)c1ccc(C(=O)Nc2ccc(NC(=O)C(C)C)cc2)cc1. The lowest BCUT2D eigenvalue weighted by molar-refractivity contribution is -0.118. The molecular formula is C21H27N3O2. The van der Waals surface area contributed by atoms with Gasteiger partial charge >= 0.3 is 0 Å². The lowest BCUT2D eigenvalue weighted by Crippen LogP contribution is -2.18. The van der Waals surface area contributed by atoms with Crippen LogP contribution >= 0.6 is 0 Å². The van der Waals surface area contributed by atoms with E-state index < -0.39 is 0 Å². The number of anilines is 3. The van der Waals surface area contributed by atoms with Crippen molar-refractivity contribution in [1.82, 2.24) is 0 Å². The van der Waals surface area contributed by atoms with Gasteiger partial charge in [-0.3, -0.25) is 9.59 Å². The summed E-state index contributed by atoms with van der Waals surface area (Å²) in [5, 5.41) is 5.69. The smallest absolute Gasteiger partial charge is 0.255 e. The van der Waals surface area contributed by atoms with Crippen LogP contribution < -0.4 is 15.5 Å². The maximum Gasteiger partial charge on any atom is 0.255 e. The highest BCUT2D eigenvalue weighted by Crippen LogP contribution is 2.17. The van der Waals surface area contributed by atoms with Crippen LogP contribution in [0.2, 0.25) is 0 Å². The molecule has 0 aromatic heterocycles. The Balaban J connectivity index is 1.98. The fourth-order valence-corrected chi connectivity index (χ4v) is 2.46. The summed E-state index contributed by atoms with van der Waals surface area (Å²) in [4.78, 5) is 26.2. The number of hydrogen-bond donors (Lipinski definition) is 2. The molecule has 2 rings (SSSR count). The van der Waals surface area contributed by atoms with Gasteiger partial charge in [0.25, 0.3) is 5.91 Å². The van der Waals surface area contributed by atoms with Crippen LogP contribution in [0.5, 0.6) is 0 Å². The van der Waals surface area contributed by atoms with Crippen LogP contribution in [0, 0.1) is 5.92 Å². The van der Waals surface area contributed by atoms with Gasteiger partial charge in [0.1, 0.15) is 0 Å². The topological polar surface area (TPSA) is 61.4 Å². The first-order valence-electron chi connectivity index (χ1n) is 8.94. The van der Waals surface area contributed by atoms with Crippen LogP contribution in [0.1, 0.15) is 37.6 Å². The van der Waals surface area contributed by atoms with E-state index in [2.05, 4.69) is 22.5 Å². The number of rotatable bonds is 7. The zero-order valence-corrected chi connectivity index (χ0v) is 15.9. The second-order valence-corrected chi connectivity index (χ2v) is 6.64. The standard InChI is InChI=1S/C21H27N3O2/c1-5-14-24(4)19-12-6-16(7-13-19)21(26)23-18-10-8-17(9-11-18)22-20(25)15(2)3/h6-13,15H,5,14H2,1-4H3,(H,22,25)(H,23,26). The third-order valence-corrected chi connectivity index (χ3v) is 4.06. The van der Waals surface area contributed by atoms with Crippen molar-refractivity contribution in [2.75, 3.05) is 29.1 Å². The lowest BCUT2D eigenvalue weighted by atomic mass is 10.1. The predicted octanol–water partition coefficient (Wildman–Crippen LogP) is 4.38. The molecule has 0 spiro atoms. The lowest BCUT2D eigenvalue weighted by Gasteiger charge is -2.18. The number of carbonyl (C=O) groups excluding carboxylic acids is 2. The average Bonchev–Trinajstić information content (AvgIpc) is 2.63. The number of benzene rings is 2. The summed E-state index contributed by atoms with van der Waals surface area (Å²) in [6.45, 7) is 6.80. The zero-order valence-electron chi connectivity index (χ0n) is 15.9. The molecule has 138 valence electrons. The van der Waals surface area contributed by atoms with Crippen molar-refractivity contribution in [3.8, 4) is 0 Å². The van der Waals surface area contributed by atoms with Crippen molar-refractivity contribution in [1.29, 1.82) is 0 Å². The summed E-state index contributed by atoms with van der Waals surface area (Å²) >= 11 is 0. The number of carbonyl (C=O) groups is 2. The van der Waals surface area contributed by atoms with Gasteiger partial charge in [-0.15, -0.1) is 0 Å². The van der Waals surface area contributed by atoms with E-state index in [1.165, 1.54) is 0 Å². The van der Waals surface area contributed by atoms with Crippen LogP contribution in [0.4, 0.5) is 17.1 Å². The molecule has 2 N–H and O–H groups in total. The second kappa shape index (κ2) is 9.04. The summed E-state index contributed by atoms with van der Waals surface area (Å²) < 4.78 is 0. The van der Waals surface area contributed by atoms with E-state index in [-0.39, 0.29) is 17.7 Å². The normalized spacial score (nSPS) is 10.5. The van der Waals surface area contributed by atoms with E-state index in [9.17, 15) is 9.59 Å². The third kappa shape index (κ3) is 5.34. The van der Waals surface area contributed by atoms with Crippen molar-refractivity contribution in [3.05, 3.63) is 54.1 Å². The fourth-order valence-electron chi connectivity index (χ4n) is 2.46. The molecule has 0 radical (unpaired) electrons. The van der Waals surface area contributed by atoms with Crippen LogP contribution in [0.25, 0.3) is 0 Å². The van der Waals surface area contributed by atoms with Gasteiger partial charge in [0.15, 0.2) is 0 Å². The van der Waals surface area contributed by atoms with E-state index in [4.69, 9.17) is 0 Å². The van der Waals surface area contributed by atoms with Gasteiger partial charge in [0.2, 0.25) is 5.91 Å². The van der Waals surface area contributed by atoms with E-state index >= 15 is 0 Å². The highest BCUT2D eigenvalue weighted by Gasteiger charge is 2.09. The number of nitrogens with zero attached hydrogens (tertiary/aromatic N) is 1. The molecule has 5 nitrogen and oxygen atoms in total. The molecule has 0 heterocycles. The highest BCUT2D eigenvalue weighted by atomic mass is 16.2. The first-order valence-corrected chi connectivity index (χ1v) is 8.94. The Morgan fingerprint density at radius 3 is 1.96 bits per heavy atom. The number of nitrogens with one attached hydrogen (secondary N) is 2. The molecule has 0 aliphatic rings. The molecule has 0 saturated heterocycles. The molecule has 2 aromatic carbocycles. The average molecular weight is 353 g/mol. The number of hydrogen-bond acceptors (Lipinski definition) is 3. The third-order valence-electron chi connectivity index (χ3n) is 4.06. The summed E-state index contributed by atoms with van der Waals surface area (Å²) in [6.07, 6.45) is 1.08. The fraction of sp³-hybridized carbons (Fsp3) is 0.333. The predicted molar refractivity (Wildman–Crippen MR) is 108 cm³/mol. The molecule has 2 aromatic rings. The van der Waals surface area contributed by atoms with Crippen LogP contribution in [0.3, 0.4) is 0 Å². The zero-order chi connectivity index (χ0) is 19.1. The molecule has 0 saturated carbocycles. The second-order valence-electron chi connectivity index (χ2n) is 6.64. The van der Waals surface area contributed by atoms with Crippen LogP contribution in [-0.2, 0) is 4.79 Å². The Morgan fingerprint density at radius 1 is 0.923 bits per heavy atom. The van der Waals surface area contributed by atoms with E-state index in [1.54, 1.807) is 24.3 Å². The van der Waals surface area contributed by atoms with Crippen molar-refractivity contribution in [2.24, 2.45) is 5.92 Å². The summed E-state index contributed by atoms with van der Waals surface area (Å²) in [6, 6.07) is 14.7. The minimum Gasteiger partial charge on any atom is -0.375 e.